The van der Waals surface area contributed by atoms with Crippen LogP contribution in [0.3, 0.4) is 0 Å². The molecule has 1 N–H and O–H groups in total. The molecule has 2 rings (SSSR count). The van der Waals surface area contributed by atoms with Gasteiger partial charge in [-0.3, -0.25) is 4.98 Å². The molecule has 0 amide bonds. The van der Waals surface area contributed by atoms with Crippen molar-refractivity contribution in [3.05, 3.63) is 47.5 Å². The molecule has 0 aliphatic heterocycles. The van der Waals surface area contributed by atoms with Gasteiger partial charge in [-0.1, -0.05) is 13.8 Å². The Kier molecular flexibility index (Phi) is 3.87. The summed E-state index contributed by atoms with van der Waals surface area (Å²) >= 11 is 0. The molecule has 0 bridgehead atoms. The number of pyridine rings is 1. The number of anilines is 1. The third-order valence-corrected chi connectivity index (χ3v) is 2.67. The maximum Gasteiger partial charge on any atom is 0.223 e. The second-order valence-electron chi connectivity index (χ2n) is 4.62. The normalized spacial score (nSPS) is 10.7. The summed E-state index contributed by atoms with van der Waals surface area (Å²) in [4.78, 5) is 12.9. The van der Waals surface area contributed by atoms with Gasteiger partial charge in [0.25, 0.3) is 0 Å². The van der Waals surface area contributed by atoms with E-state index in [-0.39, 0.29) is 0 Å². The molecule has 2 aromatic heterocycles. The molecule has 0 saturated carbocycles. The van der Waals surface area contributed by atoms with Gasteiger partial charge < -0.3 is 5.32 Å². The zero-order valence-electron chi connectivity index (χ0n) is 11.0. The zero-order chi connectivity index (χ0) is 13.0. The average Bonchev–Trinajstić information content (AvgIpc) is 2.37. The van der Waals surface area contributed by atoms with Crippen LogP contribution in [0.25, 0.3) is 0 Å². The van der Waals surface area contributed by atoms with E-state index in [0.29, 0.717) is 18.4 Å². The number of nitrogens with zero attached hydrogens (tertiary/aromatic N) is 3. The van der Waals surface area contributed by atoms with Crippen LogP contribution < -0.4 is 5.32 Å². The lowest BCUT2D eigenvalue weighted by molar-refractivity contribution is 0.808. The quantitative estimate of drug-likeness (QED) is 0.895. The Hall–Kier alpha value is -1.97. The van der Waals surface area contributed by atoms with E-state index in [0.717, 1.165) is 11.4 Å². The Labute approximate surface area is 108 Å². The second kappa shape index (κ2) is 5.58. The van der Waals surface area contributed by atoms with Crippen molar-refractivity contribution in [2.75, 3.05) is 5.32 Å². The van der Waals surface area contributed by atoms with Crippen LogP contribution in [0.1, 0.15) is 36.7 Å². The van der Waals surface area contributed by atoms with Gasteiger partial charge in [-0.05, 0) is 36.6 Å². The zero-order valence-corrected chi connectivity index (χ0v) is 11.0. The molecular formula is C14H18N4. The van der Waals surface area contributed by atoms with Crippen LogP contribution in [0.15, 0.2) is 30.6 Å². The van der Waals surface area contributed by atoms with Gasteiger partial charge in [0.2, 0.25) is 5.95 Å². The molecule has 0 aliphatic rings. The largest absolute Gasteiger partial charge is 0.350 e. The molecule has 0 radical (unpaired) electrons. The van der Waals surface area contributed by atoms with Gasteiger partial charge >= 0.3 is 0 Å². The fraction of sp³-hybridized carbons (Fsp3) is 0.357. The molecular weight excluding hydrogens is 224 g/mol. The van der Waals surface area contributed by atoms with Gasteiger partial charge in [-0.25, -0.2) is 9.97 Å². The van der Waals surface area contributed by atoms with E-state index >= 15 is 0 Å². The first-order valence-electron chi connectivity index (χ1n) is 6.13. The predicted octanol–water partition coefficient (Wildman–Crippen LogP) is 2.92. The van der Waals surface area contributed by atoms with Crippen molar-refractivity contribution in [1.29, 1.82) is 0 Å². The first-order valence-corrected chi connectivity index (χ1v) is 6.13. The summed E-state index contributed by atoms with van der Waals surface area (Å²) in [6.45, 7) is 6.97. The number of rotatable bonds is 4. The predicted molar refractivity (Wildman–Crippen MR) is 72.4 cm³/mol. The monoisotopic (exact) mass is 242 g/mol. The standard InChI is InChI=1S/C14H18N4/c1-10(2)13-8-11(3)17-14(18-13)16-9-12-4-6-15-7-5-12/h4-8,10H,9H2,1-3H3,(H,16,17,18). The Bertz CT molecular complexity index is 508. The molecule has 0 aromatic carbocycles. The Morgan fingerprint density at radius 3 is 2.56 bits per heavy atom. The van der Waals surface area contributed by atoms with Crippen molar-refractivity contribution in [3.8, 4) is 0 Å². The number of hydrogen-bond acceptors (Lipinski definition) is 4. The van der Waals surface area contributed by atoms with E-state index in [2.05, 4.69) is 34.1 Å². The molecule has 2 aromatic rings. The Morgan fingerprint density at radius 2 is 1.89 bits per heavy atom. The highest BCUT2D eigenvalue weighted by atomic mass is 15.1. The fourth-order valence-electron chi connectivity index (χ4n) is 1.65. The van der Waals surface area contributed by atoms with Crippen LogP contribution in [0.4, 0.5) is 5.95 Å². The molecule has 4 heteroatoms. The maximum absolute atomic E-state index is 4.51. The maximum atomic E-state index is 4.51. The summed E-state index contributed by atoms with van der Waals surface area (Å²) in [5.74, 6) is 1.10. The fourth-order valence-corrected chi connectivity index (χ4v) is 1.65. The third-order valence-electron chi connectivity index (χ3n) is 2.67. The van der Waals surface area contributed by atoms with Crippen LogP contribution in [0.5, 0.6) is 0 Å². The molecule has 18 heavy (non-hydrogen) atoms. The van der Waals surface area contributed by atoms with Crippen LogP contribution in [-0.4, -0.2) is 15.0 Å². The van der Waals surface area contributed by atoms with E-state index in [1.165, 1.54) is 5.56 Å². The molecule has 0 unspecified atom stereocenters. The molecule has 0 spiro atoms. The van der Waals surface area contributed by atoms with Gasteiger partial charge in [0.05, 0.1) is 0 Å². The van der Waals surface area contributed by atoms with E-state index in [4.69, 9.17) is 0 Å². The van der Waals surface area contributed by atoms with Crippen molar-refractivity contribution in [2.45, 2.75) is 33.2 Å². The van der Waals surface area contributed by atoms with E-state index in [1.807, 2.05) is 25.1 Å². The van der Waals surface area contributed by atoms with E-state index in [9.17, 15) is 0 Å². The lowest BCUT2D eigenvalue weighted by Gasteiger charge is -2.10. The molecule has 0 fully saturated rings. The number of aromatic nitrogens is 3. The second-order valence-corrected chi connectivity index (χ2v) is 4.62. The van der Waals surface area contributed by atoms with Gasteiger partial charge in [0.15, 0.2) is 0 Å². The first-order chi connectivity index (χ1) is 8.65. The van der Waals surface area contributed by atoms with Crippen LogP contribution in [0.2, 0.25) is 0 Å². The van der Waals surface area contributed by atoms with Crippen molar-refractivity contribution >= 4 is 5.95 Å². The summed E-state index contributed by atoms with van der Waals surface area (Å²) in [7, 11) is 0. The molecule has 0 atom stereocenters. The Balaban J connectivity index is 2.10. The summed E-state index contributed by atoms with van der Waals surface area (Å²) in [5, 5.41) is 3.25. The average molecular weight is 242 g/mol. The summed E-state index contributed by atoms with van der Waals surface area (Å²) < 4.78 is 0. The molecule has 0 aliphatic carbocycles. The topological polar surface area (TPSA) is 50.7 Å². The number of nitrogens with one attached hydrogen (secondary N) is 1. The number of hydrogen-bond donors (Lipinski definition) is 1. The highest BCUT2D eigenvalue weighted by Gasteiger charge is 2.05. The molecule has 94 valence electrons. The van der Waals surface area contributed by atoms with Crippen LogP contribution in [-0.2, 0) is 6.54 Å². The lowest BCUT2D eigenvalue weighted by Crippen LogP contribution is -2.07. The molecule has 4 nitrogen and oxygen atoms in total. The van der Waals surface area contributed by atoms with Gasteiger partial charge in [-0.2, -0.15) is 0 Å². The number of aryl methyl sites for hydroxylation is 1. The minimum absolute atomic E-state index is 0.410. The molecule has 2 heterocycles. The van der Waals surface area contributed by atoms with Gasteiger partial charge in [0, 0.05) is 30.3 Å². The van der Waals surface area contributed by atoms with Crippen LogP contribution in [0, 0.1) is 6.92 Å². The van der Waals surface area contributed by atoms with E-state index in [1.54, 1.807) is 12.4 Å². The summed E-state index contributed by atoms with van der Waals surface area (Å²) in [5.41, 5.74) is 3.23. The minimum Gasteiger partial charge on any atom is -0.350 e. The summed E-state index contributed by atoms with van der Waals surface area (Å²) in [6.07, 6.45) is 3.57. The van der Waals surface area contributed by atoms with Crippen LogP contribution >= 0.6 is 0 Å². The van der Waals surface area contributed by atoms with Crippen molar-refractivity contribution < 1.29 is 0 Å². The SMILES string of the molecule is Cc1cc(C(C)C)nc(NCc2ccncc2)n1. The highest BCUT2D eigenvalue weighted by Crippen LogP contribution is 2.14. The highest BCUT2D eigenvalue weighted by molar-refractivity contribution is 5.30. The minimum atomic E-state index is 0.410. The third kappa shape index (κ3) is 3.26. The van der Waals surface area contributed by atoms with Gasteiger partial charge in [-0.15, -0.1) is 0 Å². The molecule has 0 saturated heterocycles. The Morgan fingerprint density at radius 1 is 1.17 bits per heavy atom. The smallest absolute Gasteiger partial charge is 0.223 e. The van der Waals surface area contributed by atoms with Crippen molar-refractivity contribution in [3.63, 3.8) is 0 Å². The summed E-state index contributed by atoms with van der Waals surface area (Å²) in [6, 6.07) is 5.99. The first kappa shape index (κ1) is 12.5. The van der Waals surface area contributed by atoms with E-state index < -0.39 is 0 Å². The lowest BCUT2D eigenvalue weighted by atomic mass is 10.1. The van der Waals surface area contributed by atoms with Crippen molar-refractivity contribution in [1.82, 2.24) is 15.0 Å². The van der Waals surface area contributed by atoms with Gasteiger partial charge in [0.1, 0.15) is 0 Å². The van der Waals surface area contributed by atoms with Crippen molar-refractivity contribution in [2.24, 2.45) is 0 Å².